The number of hydrogen-bond donors (Lipinski definition) is 0. The minimum atomic E-state index is 0.0945. The Morgan fingerprint density at radius 3 is 1.86 bits per heavy atom. The van der Waals surface area contributed by atoms with Crippen LogP contribution in [0.15, 0.2) is 108 Å². The zero-order valence-corrected chi connectivity index (χ0v) is 20.5. The van der Waals surface area contributed by atoms with Gasteiger partial charge in [-0.15, -0.1) is 0 Å². The minimum Gasteiger partial charge on any atom is -0.310 e. The van der Waals surface area contributed by atoms with E-state index in [0.717, 1.165) is 62.2 Å². The Kier molecular flexibility index (Phi) is 6.41. The van der Waals surface area contributed by atoms with Gasteiger partial charge in [0.15, 0.2) is 0 Å². The first-order valence-corrected chi connectivity index (χ1v) is 12.9. The van der Waals surface area contributed by atoms with Gasteiger partial charge in [-0.25, -0.2) is 0 Å². The van der Waals surface area contributed by atoms with Crippen LogP contribution in [0.3, 0.4) is 0 Å². The molecule has 2 aromatic heterocycles. The molecular formula is C31H32N4O. The van der Waals surface area contributed by atoms with Gasteiger partial charge in [-0.05, 0) is 48.4 Å². The third-order valence-electron chi connectivity index (χ3n) is 7.50. The van der Waals surface area contributed by atoms with Crippen LogP contribution < -0.4 is 5.56 Å². The van der Waals surface area contributed by atoms with Gasteiger partial charge in [-0.3, -0.25) is 9.69 Å². The van der Waals surface area contributed by atoms with Crippen molar-refractivity contribution in [1.29, 1.82) is 0 Å². The lowest BCUT2D eigenvalue weighted by molar-refractivity contribution is 0.108. The Balaban J connectivity index is 1.13. The van der Waals surface area contributed by atoms with Crippen molar-refractivity contribution < 1.29 is 0 Å². The number of aromatic nitrogens is 2. The van der Waals surface area contributed by atoms with Crippen molar-refractivity contribution in [1.82, 2.24) is 18.8 Å². The van der Waals surface area contributed by atoms with Gasteiger partial charge >= 0.3 is 0 Å². The Morgan fingerprint density at radius 2 is 1.19 bits per heavy atom. The smallest absolute Gasteiger partial charge is 0.275 e. The normalized spacial score (nSPS) is 15.2. The average molecular weight is 477 g/mol. The summed E-state index contributed by atoms with van der Waals surface area (Å²) < 4.78 is 3.96. The molecule has 1 aliphatic rings. The molecule has 0 amide bonds. The van der Waals surface area contributed by atoms with Crippen molar-refractivity contribution in [2.24, 2.45) is 0 Å². The van der Waals surface area contributed by atoms with Gasteiger partial charge in [-0.2, -0.15) is 0 Å². The lowest BCUT2D eigenvalue weighted by atomic mass is 9.96. The van der Waals surface area contributed by atoms with Gasteiger partial charge < -0.3 is 13.9 Å². The molecule has 1 saturated heterocycles. The fraction of sp³-hybridized carbons (Fsp3) is 0.258. The lowest BCUT2D eigenvalue weighted by Crippen LogP contribution is -2.48. The molecule has 5 aromatic rings. The summed E-state index contributed by atoms with van der Waals surface area (Å²) in [6.45, 7) is 5.90. The Hall–Kier alpha value is -3.67. The summed E-state index contributed by atoms with van der Waals surface area (Å²) in [4.78, 5) is 18.4. The number of nitrogens with zero attached hydrogens (tertiary/aromatic N) is 4. The van der Waals surface area contributed by atoms with Crippen molar-refractivity contribution in [2.75, 3.05) is 32.7 Å². The molecule has 0 radical (unpaired) electrons. The predicted molar refractivity (Wildman–Crippen MR) is 147 cm³/mol. The Bertz CT molecular complexity index is 1460. The molecule has 182 valence electrons. The molecule has 0 bridgehead atoms. The molecule has 36 heavy (non-hydrogen) atoms. The van der Waals surface area contributed by atoms with Crippen LogP contribution in [0.25, 0.3) is 16.6 Å². The Labute approximate surface area is 211 Å². The highest BCUT2D eigenvalue weighted by Crippen LogP contribution is 2.29. The molecule has 0 unspecified atom stereocenters. The molecule has 1 fully saturated rings. The van der Waals surface area contributed by atoms with Crippen LogP contribution in [-0.2, 0) is 6.54 Å². The quantitative estimate of drug-likeness (QED) is 0.330. The minimum absolute atomic E-state index is 0.0945. The number of fused-ring (bicyclic) bond motifs is 3. The van der Waals surface area contributed by atoms with Gasteiger partial charge in [0.05, 0.1) is 17.1 Å². The van der Waals surface area contributed by atoms with Crippen LogP contribution >= 0.6 is 0 Å². The maximum atomic E-state index is 13.2. The molecule has 0 spiro atoms. The first kappa shape index (κ1) is 22.8. The lowest BCUT2D eigenvalue weighted by Gasteiger charge is -2.40. The third-order valence-corrected chi connectivity index (χ3v) is 7.50. The molecule has 3 aromatic carbocycles. The largest absolute Gasteiger partial charge is 0.310 e. The molecule has 6 rings (SSSR count). The summed E-state index contributed by atoms with van der Waals surface area (Å²) in [7, 11) is 0. The molecule has 3 heterocycles. The first-order valence-electron chi connectivity index (χ1n) is 12.9. The Morgan fingerprint density at radius 1 is 0.611 bits per heavy atom. The summed E-state index contributed by atoms with van der Waals surface area (Å²) >= 11 is 0. The maximum Gasteiger partial charge on any atom is 0.275 e. The van der Waals surface area contributed by atoms with Crippen LogP contribution in [0.4, 0.5) is 0 Å². The first-order chi connectivity index (χ1) is 17.8. The van der Waals surface area contributed by atoms with Gasteiger partial charge in [0.1, 0.15) is 5.52 Å². The summed E-state index contributed by atoms with van der Waals surface area (Å²) in [5.74, 6) is 0. The van der Waals surface area contributed by atoms with E-state index in [9.17, 15) is 4.79 Å². The van der Waals surface area contributed by atoms with Crippen LogP contribution in [0.1, 0.15) is 23.6 Å². The average Bonchev–Trinajstić information content (AvgIpc) is 3.44. The number of aryl methyl sites for hydroxylation is 1. The van der Waals surface area contributed by atoms with Crippen molar-refractivity contribution in [3.63, 3.8) is 0 Å². The van der Waals surface area contributed by atoms with Gasteiger partial charge in [0.2, 0.25) is 0 Å². The second-order valence-electron chi connectivity index (χ2n) is 9.66. The van der Waals surface area contributed by atoms with E-state index in [1.165, 1.54) is 11.1 Å². The summed E-state index contributed by atoms with van der Waals surface area (Å²) in [5, 5.41) is 0. The van der Waals surface area contributed by atoms with E-state index in [0.29, 0.717) is 0 Å². The maximum absolute atomic E-state index is 13.2. The second kappa shape index (κ2) is 10.1. The monoisotopic (exact) mass is 476 g/mol. The van der Waals surface area contributed by atoms with Crippen molar-refractivity contribution >= 4 is 16.6 Å². The van der Waals surface area contributed by atoms with Crippen molar-refractivity contribution in [2.45, 2.75) is 19.0 Å². The predicted octanol–water partition coefficient (Wildman–Crippen LogP) is 5.05. The van der Waals surface area contributed by atoms with Crippen molar-refractivity contribution in [3.8, 4) is 0 Å². The topological polar surface area (TPSA) is 32.9 Å². The van der Waals surface area contributed by atoms with E-state index in [-0.39, 0.29) is 11.6 Å². The fourth-order valence-corrected chi connectivity index (χ4v) is 5.71. The summed E-state index contributed by atoms with van der Waals surface area (Å²) in [5.41, 5.74) is 5.63. The van der Waals surface area contributed by atoms with Crippen LogP contribution in [0, 0.1) is 0 Å². The number of para-hydroxylation sites is 2. The molecule has 0 atom stereocenters. The molecular weight excluding hydrogens is 444 g/mol. The number of benzene rings is 3. The van der Waals surface area contributed by atoms with Gasteiger partial charge in [0, 0.05) is 38.9 Å². The summed E-state index contributed by atoms with van der Waals surface area (Å²) in [6.07, 6.45) is 2.93. The molecule has 0 saturated carbocycles. The SMILES string of the molecule is O=c1c2cccn2c2ccccc2n1CCCN1CCN(C(c2ccccc2)c2ccccc2)CC1. The number of rotatable bonds is 7. The van der Waals surface area contributed by atoms with Crippen LogP contribution in [-0.4, -0.2) is 51.5 Å². The van der Waals surface area contributed by atoms with E-state index in [1.807, 2.05) is 39.4 Å². The standard InChI is InChI=1S/C31H32N4O/c36-31-29-17-9-19-34(29)27-15-7-8-16-28(27)35(31)20-10-18-32-21-23-33(24-22-32)30(25-11-3-1-4-12-25)26-13-5-2-6-14-26/h1-9,11-17,19,30H,10,18,20-24H2. The van der Waals surface area contributed by atoms with Crippen LogP contribution in [0.2, 0.25) is 0 Å². The molecule has 5 nitrogen and oxygen atoms in total. The van der Waals surface area contributed by atoms with E-state index >= 15 is 0 Å². The molecule has 0 N–H and O–H groups in total. The fourth-order valence-electron chi connectivity index (χ4n) is 5.71. The zero-order chi connectivity index (χ0) is 24.3. The van der Waals surface area contributed by atoms with E-state index < -0.39 is 0 Å². The molecule has 0 aliphatic carbocycles. The van der Waals surface area contributed by atoms with E-state index in [1.54, 1.807) is 0 Å². The number of hydrogen-bond acceptors (Lipinski definition) is 3. The third kappa shape index (κ3) is 4.36. The van der Waals surface area contributed by atoms with Crippen molar-refractivity contribution in [3.05, 3.63) is 125 Å². The highest BCUT2D eigenvalue weighted by atomic mass is 16.1. The van der Waals surface area contributed by atoms with Gasteiger partial charge in [-0.1, -0.05) is 72.8 Å². The van der Waals surface area contributed by atoms with E-state index in [4.69, 9.17) is 0 Å². The van der Waals surface area contributed by atoms with Gasteiger partial charge in [0.25, 0.3) is 5.56 Å². The van der Waals surface area contributed by atoms with Crippen LogP contribution in [0.5, 0.6) is 0 Å². The number of piperazine rings is 1. The highest BCUT2D eigenvalue weighted by Gasteiger charge is 2.26. The summed E-state index contributed by atoms with van der Waals surface area (Å²) in [6, 6.07) is 34.1. The molecule has 1 aliphatic heterocycles. The second-order valence-corrected chi connectivity index (χ2v) is 9.66. The molecule has 5 heteroatoms. The highest BCUT2D eigenvalue weighted by molar-refractivity contribution is 5.79. The van der Waals surface area contributed by atoms with E-state index in [2.05, 4.69) is 82.6 Å². The zero-order valence-electron chi connectivity index (χ0n) is 20.5.